The number of esters is 2. The molecule has 2 N–H and O–H groups in total. The normalized spacial score (nSPS) is 22.2. The molecule has 9 heteroatoms. The van der Waals surface area contributed by atoms with Crippen molar-refractivity contribution in [2.24, 2.45) is 17.1 Å². The van der Waals surface area contributed by atoms with Gasteiger partial charge in [-0.05, 0) is 59.3 Å². The molecule has 0 aromatic carbocycles. The summed E-state index contributed by atoms with van der Waals surface area (Å²) in [5.74, 6) is -0.962. The Morgan fingerprint density at radius 1 is 0.969 bits per heavy atom. The molecular formula is C23H42N2O7. The van der Waals surface area contributed by atoms with Crippen molar-refractivity contribution in [3.8, 4) is 0 Å². The van der Waals surface area contributed by atoms with Crippen molar-refractivity contribution in [2.45, 2.75) is 105 Å². The van der Waals surface area contributed by atoms with Gasteiger partial charge in [0, 0.05) is 0 Å². The zero-order valence-electron chi connectivity index (χ0n) is 21.5. The molecular weight excluding hydrogens is 416 g/mol. The number of likely N-dealkylation sites (tertiary alicyclic amines) is 1. The van der Waals surface area contributed by atoms with E-state index in [9.17, 15) is 19.2 Å². The molecule has 1 rings (SSSR count). The fraction of sp³-hybridized carbons (Fsp3) is 0.826. The van der Waals surface area contributed by atoms with Crippen molar-refractivity contribution >= 4 is 24.3 Å². The Kier molecular flexibility index (Phi) is 10.4. The molecule has 1 amide bonds. The van der Waals surface area contributed by atoms with Gasteiger partial charge in [0.05, 0.1) is 13.2 Å². The second-order valence-corrected chi connectivity index (χ2v) is 11.1. The molecule has 0 saturated carbocycles. The summed E-state index contributed by atoms with van der Waals surface area (Å²) in [6.45, 7) is 18.3. The van der Waals surface area contributed by atoms with E-state index >= 15 is 0 Å². The number of carbonyl (C=O) groups excluding carboxylic acids is 4. The number of nitrogens with zero attached hydrogens (tertiary/aromatic N) is 1. The maximum Gasteiger partial charge on any atom is 0.411 e. The zero-order chi connectivity index (χ0) is 25.7. The van der Waals surface area contributed by atoms with Crippen LogP contribution >= 0.6 is 0 Å². The first-order chi connectivity index (χ1) is 14.2. The molecule has 0 unspecified atom stereocenters. The number of hydrogen-bond acceptors (Lipinski definition) is 8. The number of methoxy groups -OCH3 is 1. The van der Waals surface area contributed by atoms with Crippen molar-refractivity contribution in [3.05, 3.63) is 0 Å². The smallest absolute Gasteiger partial charge is 0.411 e. The van der Waals surface area contributed by atoms with E-state index in [1.54, 1.807) is 20.8 Å². The molecule has 32 heavy (non-hydrogen) atoms. The zero-order valence-corrected chi connectivity index (χ0v) is 21.5. The fourth-order valence-electron chi connectivity index (χ4n) is 2.92. The summed E-state index contributed by atoms with van der Waals surface area (Å²) in [5, 5.41) is 0. The number of carbonyl (C=O) groups is 4. The third-order valence-electron chi connectivity index (χ3n) is 4.65. The summed E-state index contributed by atoms with van der Waals surface area (Å²) in [6.07, 6.45) is 0.414. The maximum atomic E-state index is 12.1. The summed E-state index contributed by atoms with van der Waals surface area (Å²) >= 11 is 0. The minimum Gasteiger partial charge on any atom is -0.467 e. The summed E-state index contributed by atoms with van der Waals surface area (Å²) in [5.41, 5.74) is 4.34. The first-order valence-electron chi connectivity index (χ1n) is 10.8. The van der Waals surface area contributed by atoms with Crippen molar-refractivity contribution in [2.75, 3.05) is 7.11 Å². The lowest BCUT2D eigenvalue weighted by Crippen LogP contribution is -2.48. The van der Waals surface area contributed by atoms with Crippen LogP contribution in [0.1, 0.15) is 75.7 Å². The fourth-order valence-corrected chi connectivity index (χ4v) is 2.92. The quantitative estimate of drug-likeness (QED) is 0.388. The second kappa shape index (κ2) is 11.1. The maximum absolute atomic E-state index is 12.1. The number of aldehydes is 1. The Morgan fingerprint density at radius 2 is 1.44 bits per heavy atom. The lowest BCUT2D eigenvalue weighted by molar-refractivity contribution is -0.159. The summed E-state index contributed by atoms with van der Waals surface area (Å²) in [7, 11) is 1.26. The van der Waals surface area contributed by atoms with Crippen LogP contribution < -0.4 is 5.73 Å². The van der Waals surface area contributed by atoms with Crippen LogP contribution in [0.25, 0.3) is 0 Å². The van der Waals surface area contributed by atoms with Crippen LogP contribution in [-0.2, 0) is 28.6 Å². The average Bonchev–Trinajstić information content (AvgIpc) is 2.93. The number of hydrogen-bond donors (Lipinski definition) is 1. The van der Waals surface area contributed by atoms with Crippen LogP contribution in [0.2, 0.25) is 0 Å². The highest BCUT2D eigenvalue weighted by Gasteiger charge is 2.47. The number of nitrogens with two attached hydrogens (primary N) is 1. The van der Waals surface area contributed by atoms with E-state index in [0.29, 0.717) is 12.7 Å². The molecule has 1 saturated heterocycles. The summed E-state index contributed by atoms with van der Waals surface area (Å²) in [4.78, 5) is 47.7. The van der Waals surface area contributed by atoms with Crippen molar-refractivity contribution < 1.29 is 33.4 Å². The monoisotopic (exact) mass is 458 g/mol. The van der Waals surface area contributed by atoms with Crippen molar-refractivity contribution in [1.82, 2.24) is 4.90 Å². The van der Waals surface area contributed by atoms with Crippen molar-refractivity contribution in [1.29, 1.82) is 0 Å². The molecule has 0 aromatic heterocycles. The van der Waals surface area contributed by atoms with Gasteiger partial charge in [0.1, 0.15) is 29.6 Å². The van der Waals surface area contributed by atoms with Crippen molar-refractivity contribution in [3.63, 3.8) is 0 Å². The Bertz CT molecular complexity index is 671. The molecule has 0 spiro atoms. The van der Waals surface area contributed by atoms with Gasteiger partial charge in [-0.25, -0.2) is 9.59 Å². The lowest BCUT2D eigenvalue weighted by atomic mass is 9.87. The largest absolute Gasteiger partial charge is 0.467 e. The van der Waals surface area contributed by atoms with Crippen LogP contribution in [0.5, 0.6) is 0 Å². The van der Waals surface area contributed by atoms with E-state index in [-0.39, 0.29) is 17.3 Å². The molecule has 186 valence electrons. The van der Waals surface area contributed by atoms with E-state index in [1.807, 2.05) is 48.5 Å². The van der Waals surface area contributed by atoms with E-state index in [1.165, 1.54) is 12.0 Å². The van der Waals surface area contributed by atoms with Gasteiger partial charge in [-0.3, -0.25) is 9.69 Å². The average molecular weight is 459 g/mol. The molecule has 4 atom stereocenters. The molecule has 0 radical (unpaired) electrons. The lowest BCUT2D eigenvalue weighted by Gasteiger charge is -2.29. The van der Waals surface area contributed by atoms with Gasteiger partial charge in [-0.15, -0.1) is 0 Å². The second-order valence-electron chi connectivity index (χ2n) is 11.1. The van der Waals surface area contributed by atoms with Gasteiger partial charge in [0.25, 0.3) is 0 Å². The van der Waals surface area contributed by atoms with E-state index in [2.05, 4.69) is 4.74 Å². The van der Waals surface area contributed by atoms with Crippen LogP contribution in [0.3, 0.4) is 0 Å². The van der Waals surface area contributed by atoms with E-state index < -0.39 is 41.4 Å². The Morgan fingerprint density at radius 3 is 1.78 bits per heavy atom. The summed E-state index contributed by atoms with van der Waals surface area (Å²) in [6, 6.07) is -1.98. The van der Waals surface area contributed by atoms with Crippen LogP contribution in [0.15, 0.2) is 0 Å². The highest BCUT2D eigenvalue weighted by Crippen LogP contribution is 2.31. The first-order valence-corrected chi connectivity index (χ1v) is 10.8. The molecule has 1 heterocycles. The third kappa shape index (κ3) is 9.54. The minimum atomic E-state index is -0.759. The first kappa shape index (κ1) is 29.8. The summed E-state index contributed by atoms with van der Waals surface area (Å²) < 4.78 is 15.1. The Hall–Kier alpha value is -2.16. The molecule has 0 aliphatic carbocycles. The van der Waals surface area contributed by atoms with Gasteiger partial charge in [0.2, 0.25) is 0 Å². The van der Waals surface area contributed by atoms with E-state index in [4.69, 9.17) is 15.2 Å². The highest BCUT2D eigenvalue weighted by atomic mass is 16.6. The number of rotatable bonds is 3. The van der Waals surface area contributed by atoms with Gasteiger partial charge in [-0.1, -0.05) is 27.7 Å². The predicted octanol–water partition coefficient (Wildman–Crippen LogP) is 3.07. The standard InChI is InChI=1S/C13H21NO5.C10H21NO2/c1-8-6-9(11(16)18-5)14(10(8)7-15)12(17)19-13(2,3)4;1-9(2,3)7(11)8(12)13-10(4,5)6/h7-10H,6H2,1-5H3;7H,11H2,1-6H3/t8-,9-,10-;7-/m10/s1. The van der Waals surface area contributed by atoms with Gasteiger partial charge < -0.3 is 24.7 Å². The topological polar surface area (TPSA) is 125 Å². The van der Waals surface area contributed by atoms with Crippen LogP contribution in [0.4, 0.5) is 4.79 Å². The highest BCUT2D eigenvalue weighted by molar-refractivity contribution is 5.85. The van der Waals surface area contributed by atoms with Gasteiger partial charge in [-0.2, -0.15) is 0 Å². The van der Waals surface area contributed by atoms with Gasteiger partial charge in [0.15, 0.2) is 0 Å². The minimum absolute atomic E-state index is 0.103. The SMILES string of the molecule is CC(C)(C)OC(=O)[C@H](N)C(C)(C)C.COC(=O)[C@H]1C[C@@H](C)[C@@H](C=O)N1C(=O)OC(C)(C)C. The predicted molar refractivity (Wildman–Crippen MR) is 121 cm³/mol. The third-order valence-corrected chi connectivity index (χ3v) is 4.65. The number of ether oxygens (including phenoxy) is 3. The van der Waals surface area contributed by atoms with Crippen LogP contribution in [-0.4, -0.2) is 65.7 Å². The molecule has 1 aliphatic rings. The molecule has 9 nitrogen and oxygen atoms in total. The molecule has 0 aromatic rings. The van der Waals surface area contributed by atoms with Gasteiger partial charge >= 0.3 is 18.0 Å². The molecule has 0 bridgehead atoms. The number of amides is 1. The molecule has 1 aliphatic heterocycles. The van der Waals surface area contributed by atoms with E-state index in [0.717, 1.165) is 0 Å². The Balaban J connectivity index is 0.000000649. The van der Waals surface area contributed by atoms with Crippen LogP contribution in [0, 0.1) is 11.3 Å². The molecule has 1 fully saturated rings. The Labute approximate surface area is 192 Å².